The molecule has 2 atom stereocenters. The van der Waals surface area contributed by atoms with Gasteiger partial charge in [-0.15, -0.1) is 0 Å². The molecule has 1 fully saturated rings. The second kappa shape index (κ2) is 6.37. The Labute approximate surface area is 140 Å². The number of likely N-dealkylation sites (tertiary alicyclic amines) is 1. The van der Waals surface area contributed by atoms with Gasteiger partial charge < -0.3 is 9.32 Å². The average Bonchev–Trinajstić information content (AvgIpc) is 3.08. The van der Waals surface area contributed by atoms with Crippen molar-refractivity contribution in [3.63, 3.8) is 0 Å². The van der Waals surface area contributed by atoms with Crippen LogP contribution < -0.4 is 5.14 Å². The van der Waals surface area contributed by atoms with Gasteiger partial charge in [-0.3, -0.25) is 4.79 Å². The van der Waals surface area contributed by atoms with E-state index in [0.29, 0.717) is 18.0 Å². The fourth-order valence-electron chi connectivity index (χ4n) is 2.98. The number of furan rings is 1. The van der Waals surface area contributed by atoms with Crippen molar-refractivity contribution in [2.24, 2.45) is 11.1 Å². The first-order chi connectivity index (χ1) is 11.4. The van der Waals surface area contributed by atoms with E-state index in [9.17, 15) is 13.2 Å². The van der Waals surface area contributed by atoms with Gasteiger partial charge in [0.25, 0.3) is 15.9 Å². The van der Waals surface area contributed by atoms with Crippen LogP contribution in [0.15, 0.2) is 46.2 Å². The molecule has 24 heavy (non-hydrogen) atoms. The fourth-order valence-corrected chi connectivity index (χ4v) is 3.43. The summed E-state index contributed by atoms with van der Waals surface area (Å²) in [6.45, 7) is 2.77. The van der Waals surface area contributed by atoms with Gasteiger partial charge >= 0.3 is 0 Å². The number of hydrogen-bond acceptors (Lipinski definition) is 5. The van der Waals surface area contributed by atoms with Crippen molar-refractivity contribution in [2.45, 2.75) is 30.8 Å². The number of aromatic nitrogens is 1. The minimum Gasteiger partial charge on any atom is -0.467 e. The summed E-state index contributed by atoms with van der Waals surface area (Å²) in [5.41, 5.74) is 0.327. The summed E-state index contributed by atoms with van der Waals surface area (Å²) in [7, 11) is -3.87. The summed E-state index contributed by atoms with van der Waals surface area (Å²) in [4.78, 5) is 18.4. The third kappa shape index (κ3) is 3.34. The van der Waals surface area contributed by atoms with Crippen LogP contribution in [0, 0.1) is 5.92 Å². The highest BCUT2D eigenvalue weighted by Crippen LogP contribution is 2.35. The maximum atomic E-state index is 12.8. The normalized spacial score (nSPS) is 21.7. The molecule has 1 amide bonds. The van der Waals surface area contributed by atoms with Gasteiger partial charge in [0, 0.05) is 12.7 Å². The zero-order chi connectivity index (χ0) is 17.3. The van der Waals surface area contributed by atoms with Gasteiger partial charge in [-0.2, -0.15) is 0 Å². The number of hydrogen-bond donors (Lipinski definition) is 1. The highest BCUT2D eigenvalue weighted by atomic mass is 32.2. The van der Waals surface area contributed by atoms with Crippen molar-refractivity contribution >= 4 is 15.9 Å². The van der Waals surface area contributed by atoms with Gasteiger partial charge in [0.1, 0.15) is 5.76 Å². The molecule has 2 aromatic heterocycles. The summed E-state index contributed by atoms with van der Waals surface area (Å²) in [5, 5.41) is 4.77. The summed E-state index contributed by atoms with van der Waals surface area (Å²) >= 11 is 0. The van der Waals surface area contributed by atoms with E-state index >= 15 is 0 Å². The van der Waals surface area contributed by atoms with E-state index in [1.54, 1.807) is 17.2 Å². The summed E-state index contributed by atoms with van der Waals surface area (Å²) < 4.78 is 28.0. The molecule has 1 aliphatic heterocycles. The lowest BCUT2D eigenvalue weighted by atomic mass is 9.90. The molecule has 0 radical (unpaired) electrons. The number of piperidine rings is 1. The smallest absolute Gasteiger partial charge is 0.256 e. The SMILES string of the molecule is C[C@@H]1CCN(C(=O)c2ccc(S(N)(=O)=O)nc2)[C@@H](c2ccco2)C1. The first-order valence-electron chi connectivity index (χ1n) is 7.69. The predicted molar refractivity (Wildman–Crippen MR) is 86.5 cm³/mol. The lowest BCUT2D eigenvalue weighted by molar-refractivity contribution is 0.0520. The summed E-state index contributed by atoms with van der Waals surface area (Å²) in [5.74, 6) is 1.05. The number of amides is 1. The number of rotatable bonds is 3. The van der Waals surface area contributed by atoms with E-state index < -0.39 is 10.0 Å². The zero-order valence-electron chi connectivity index (χ0n) is 13.3. The van der Waals surface area contributed by atoms with Crippen molar-refractivity contribution in [1.82, 2.24) is 9.88 Å². The van der Waals surface area contributed by atoms with Crippen LogP contribution in [-0.4, -0.2) is 30.8 Å². The molecule has 3 heterocycles. The average molecular weight is 349 g/mol. The molecule has 0 unspecified atom stereocenters. The third-order valence-corrected chi connectivity index (χ3v) is 5.10. The number of sulfonamides is 1. The topological polar surface area (TPSA) is 106 Å². The Balaban J connectivity index is 1.87. The molecule has 0 aromatic carbocycles. The number of nitrogens with zero attached hydrogens (tertiary/aromatic N) is 2. The van der Waals surface area contributed by atoms with Crippen molar-refractivity contribution < 1.29 is 17.6 Å². The minimum absolute atomic E-state index is 0.130. The van der Waals surface area contributed by atoms with Crippen LogP contribution in [0.5, 0.6) is 0 Å². The molecule has 128 valence electrons. The lowest BCUT2D eigenvalue weighted by Crippen LogP contribution is -2.40. The van der Waals surface area contributed by atoms with Gasteiger partial charge in [-0.1, -0.05) is 6.92 Å². The molecule has 1 saturated heterocycles. The molecule has 0 spiro atoms. The van der Waals surface area contributed by atoms with Crippen LogP contribution >= 0.6 is 0 Å². The van der Waals surface area contributed by atoms with Crippen LogP contribution in [0.25, 0.3) is 0 Å². The Morgan fingerprint density at radius 3 is 2.75 bits per heavy atom. The molecular formula is C16H19N3O4S. The van der Waals surface area contributed by atoms with Gasteiger partial charge in [0.05, 0.1) is 17.9 Å². The standard InChI is InChI=1S/C16H19N3O4S/c1-11-6-7-19(13(9-11)14-3-2-8-23-14)16(20)12-4-5-15(18-10-12)24(17,21)22/h2-5,8,10-11,13H,6-7,9H2,1H3,(H2,17,21,22)/t11-,13-/m1/s1. The van der Waals surface area contributed by atoms with Crippen LogP contribution in [0.1, 0.15) is 41.9 Å². The van der Waals surface area contributed by atoms with Crippen molar-refractivity contribution in [3.8, 4) is 0 Å². The molecule has 0 aliphatic carbocycles. The van der Waals surface area contributed by atoms with Crippen molar-refractivity contribution in [1.29, 1.82) is 0 Å². The van der Waals surface area contributed by atoms with Gasteiger partial charge in [0.15, 0.2) is 5.03 Å². The van der Waals surface area contributed by atoms with E-state index in [1.807, 2.05) is 6.07 Å². The summed E-state index contributed by atoms with van der Waals surface area (Å²) in [6, 6.07) is 6.23. The predicted octanol–water partition coefficient (Wildman–Crippen LogP) is 1.94. The molecule has 0 saturated carbocycles. The quantitative estimate of drug-likeness (QED) is 0.911. The summed E-state index contributed by atoms with van der Waals surface area (Å²) in [6.07, 6.45) is 4.58. The van der Waals surface area contributed by atoms with Crippen LogP contribution in [0.2, 0.25) is 0 Å². The van der Waals surface area contributed by atoms with E-state index in [1.165, 1.54) is 18.3 Å². The molecular weight excluding hydrogens is 330 g/mol. The molecule has 2 aromatic rings. The number of pyridine rings is 1. The highest BCUT2D eigenvalue weighted by molar-refractivity contribution is 7.89. The van der Waals surface area contributed by atoms with Crippen molar-refractivity contribution in [2.75, 3.05) is 6.54 Å². The molecule has 7 nitrogen and oxygen atoms in total. The molecule has 8 heteroatoms. The van der Waals surface area contributed by atoms with Gasteiger partial charge in [0.2, 0.25) is 0 Å². The largest absolute Gasteiger partial charge is 0.467 e. The zero-order valence-corrected chi connectivity index (χ0v) is 14.1. The second-order valence-corrected chi connectivity index (χ2v) is 7.60. The maximum absolute atomic E-state index is 12.8. The first kappa shape index (κ1) is 16.7. The minimum atomic E-state index is -3.87. The number of nitrogens with two attached hydrogens (primary N) is 1. The highest BCUT2D eigenvalue weighted by Gasteiger charge is 2.33. The second-order valence-electron chi connectivity index (χ2n) is 6.09. The van der Waals surface area contributed by atoms with Gasteiger partial charge in [-0.05, 0) is 43.0 Å². The maximum Gasteiger partial charge on any atom is 0.256 e. The Morgan fingerprint density at radius 2 is 2.17 bits per heavy atom. The third-order valence-electron chi connectivity index (χ3n) is 4.27. The van der Waals surface area contributed by atoms with E-state index in [2.05, 4.69) is 11.9 Å². The number of primary sulfonamides is 1. The Bertz CT molecular complexity index is 816. The first-order valence-corrected chi connectivity index (χ1v) is 9.24. The van der Waals surface area contributed by atoms with Gasteiger partial charge in [-0.25, -0.2) is 18.5 Å². The van der Waals surface area contributed by atoms with Crippen LogP contribution in [-0.2, 0) is 10.0 Å². The Kier molecular flexibility index (Phi) is 4.42. The monoisotopic (exact) mass is 349 g/mol. The van der Waals surface area contributed by atoms with Crippen LogP contribution in [0.3, 0.4) is 0 Å². The molecule has 2 N–H and O–H groups in total. The fraction of sp³-hybridized carbons (Fsp3) is 0.375. The molecule has 3 rings (SSSR count). The van der Waals surface area contributed by atoms with E-state index in [4.69, 9.17) is 9.56 Å². The van der Waals surface area contributed by atoms with E-state index in [0.717, 1.165) is 18.6 Å². The van der Waals surface area contributed by atoms with E-state index in [-0.39, 0.29) is 17.0 Å². The molecule has 1 aliphatic rings. The Hall–Kier alpha value is -2.19. The lowest BCUT2D eigenvalue weighted by Gasteiger charge is -2.37. The Morgan fingerprint density at radius 1 is 1.38 bits per heavy atom. The molecule has 0 bridgehead atoms. The number of carbonyl (C=O) groups is 1. The van der Waals surface area contributed by atoms with Crippen LogP contribution in [0.4, 0.5) is 0 Å². The number of carbonyl (C=O) groups excluding carboxylic acids is 1. The van der Waals surface area contributed by atoms with Crippen molar-refractivity contribution in [3.05, 3.63) is 48.0 Å².